The van der Waals surface area contributed by atoms with Crippen molar-refractivity contribution in [3.63, 3.8) is 0 Å². The molecule has 4 heteroatoms. The number of nitrogens with two attached hydrogens (primary N) is 1. The molecule has 0 radical (unpaired) electrons. The average molecular weight is 253 g/mol. The Bertz CT molecular complexity index is 344. The maximum atomic E-state index is 6.07. The molecule has 0 heterocycles. The van der Waals surface area contributed by atoms with Gasteiger partial charge in [0.25, 0.3) is 0 Å². The summed E-state index contributed by atoms with van der Waals surface area (Å²) in [5, 5.41) is 0. The minimum atomic E-state index is -0.149. The molecule has 0 saturated carbocycles. The van der Waals surface area contributed by atoms with Crippen LogP contribution in [-0.2, 0) is 9.47 Å². The van der Waals surface area contributed by atoms with Crippen molar-refractivity contribution in [2.24, 2.45) is 5.73 Å². The van der Waals surface area contributed by atoms with Crippen LogP contribution in [0.3, 0.4) is 0 Å². The molecule has 4 nitrogen and oxygen atoms in total. The van der Waals surface area contributed by atoms with E-state index in [1.807, 2.05) is 38.1 Å². The van der Waals surface area contributed by atoms with Gasteiger partial charge in [0.2, 0.25) is 0 Å². The Labute approximate surface area is 109 Å². The number of benzene rings is 1. The zero-order valence-electron chi connectivity index (χ0n) is 11.4. The third-order valence-electron chi connectivity index (χ3n) is 2.64. The minimum absolute atomic E-state index is 0.0570. The lowest BCUT2D eigenvalue weighted by atomic mass is 10.1. The molecular weight excluding hydrogens is 230 g/mol. The molecule has 0 fully saturated rings. The highest BCUT2D eigenvalue weighted by Gasteiger charge is 2.10. The zero-order chi connectivity index (χ0) is 13.4. The van der Waals surface area contributed by atoms with Crippen molar-refractivity contribution in [1.82, 2.24) is 0 Å². The van der Waals surface area contributed by atoms with Crippen LogP contribution < -0.4 is 10.5 Å². The molecular formula is C14H23NO3. The summed E-state index contributed by atoms with van der Waals surface area (Å²) in [5.41, 5.74) is 7.09. The van der Waals surface area contributed by atoms with Crippen molar-refractivity contribution in [2.75, 3.05) is 26.9 Å². The molecule has 18 heavy (non-hydrogen) atoms. The number of hydrogen-bond acceptors (Lipinski definition) is 4. The topological polar surface area (TPSA) is 53.7 Å². The van der Waals surface area contributed by atoms with Gasteiger partial charge >= 0.3 is 0 Å². The summed E-state index contributed by atoms with van der Waals surface area (Å²) in [6.07, 6.45) is 0.0570. The van der Waals surface area contributed by atoms with E-state index in [0.717, 1.165) is 11.3 Å². The lowest BCUT2D eigenvalue weighted by Crippen LogP contribution is -2.23. The summed E-state index contributed by atoms with van der Waals surface area (Å²) in [6.45, 7) is 5.72. The molecule has 0 spiro atoms. The molecule has 0 aromatic heterocycles. The Morgan fingerprint density at radius 3 is 2.72 bits per heavy atom. The molecule has 1 aromatic rings. The second-order valence-corrected chi connectivity index (χ2v) is 4.19. The van der Waals surface area contributed by atoms with Crippen molar-refractivity contribution < 1.29 is 14.2 Å². The first kappa shape index (κ1) is 15.0. The molecule has 1 aromatic carbocycles. The quantitative estimate of drug-likeness (QED) is 0.771. The monoisotopic (exact) mass is 253 g/mol. The van der Waals surface area contributed by atoms with Crippen LogP contribution in [0.25, 0.3) is 0 Å². The summed E-state index contributed by atoms with van der Waals surface area (Å²) in [6, 6.07) is 7.58. The zero-order valence-corrected chi connectivity index (χ0v) is 11.4. The predicted octanol–water partition coefficient (Wildman–Crippen LogP) is 2.14. The molecule has 0 saturated heterocycles. The van der Waals surface area contributed by atoms with E-state index in [1.54, 1.807) is 7.11 Å². The molecule has 0 bridgehead atoms. The van der Waals surface area contributed by atoms with Crippen LogP contribution in [0.2, 0.25) is 0 Å². The fourth-order valence-corrected chi connectivity index (χ4v) is 1.57. The molecule has 1 rings (SSSR count). The standard InChI is InChI=1S/C14H23NO3/c1-4-17-9-11(2)18-10-14(15)12-6-5-7-13(8-12)16-3/h5-8,11,14H,4,9-10,15H2,1-3H3. The normalized spacial score (nSPS) is 14.2. The van der Waals surface area contributed by atoms with Crippen molar-refractivity contribution in [3.05, 3.63) is 29.8 Å². The van der Waals surface area contributed by atoms with Crippen molar-refractivity contribution in [3.8, 4) is 5.75 Å². The third kappa shape index (κ3) is 5.04. The van der Waals surface area contributed by atoms with Gasteiger partial charge < -0.3 is 19.9 Å². The van der Waals surface area contributed by atoms with E-state index in [2.05, 4.69) is 0 Å². The van der Waals surface area contributed by atoms with Crippen molar-refractivity contribution >= 4 is 0 Å². The Hall–Kier alpha value is -1.10. The van der Waals surface area contributed by atoms with E-state index in [-0.39, 0.29) is 12.1 Å². The molecule has 2 unspecified atom stereocenters. The van der Waals surface area contributed by atoms with E-state index in [1.165, 1.54) is 0 Å². The summed E-state index contributed by atoms with van der Waals surface area (Å²) in [4.78, 5) is 0. The SMILES string of the molecule is CCOCC(C)OCC(N)c1cccc(OC)c1. The third-order valence-corrected chi connectivity index (χ3v) is 2.64. The van der Waals surface area contributed by atoms with Gasteiger partial charge in [0, 0.05) is 6.61 Å². The van der Waals surface area contributed by atoms with Crippen LogP contribution in [0.1, 0.15) is 25.5 Å². The van der Waals surface area contributed by atoms with Gasteiger partial charge in [-0.15, -0.1) is 0 Å². The van der Waals surface area contributed by atoms with Crippen LogP contribution in [0.5, 0.6) is 5.75 Å². The fourth-order valence-electron chi connectivity index (χ4n) is 1.57. The van der Waals surface area contributed by atoms with Crippen molar-refractivity contribution in [2.45, 2.75) is 26.0 Å². The lowest BCUT2D eigenvalue weighted by Gasteiger charge is -2.17. The molecule has 2 N–H and O–H groups in total. The van der Waals surface area contributed by atoms with Crippen LogP contribution in [0.15, 0.2) is 24.3 Å². The Kier molecular flexibility index (Phi) is 6.72. The lowest BCUT2D eigenvalue weighted by molar-refractivity contribution is -0.00836. The molecule has 0 aliphatic rings. The van der Waals surface area contributed by atoms with Crippen molar-refractivity contribution in [1.29, 1.82) is 0 Å². The van der Waals surface area contributed by atoms with Crippen LogP contribution in [-0.4, -0.2) is 33.0 Å². The van der Waals surface area contributed by atoms with E-state index in [4.69, 9.17) is 19.9 Å². The summed E-state index contributed by atoms with van der Waals surface area (Å²) in [7, 11) is 1.64. The highest BCUT2D eigenvalue weighted by molar-refractivity contribution is 5.30. The number of hydrogen-bond donors (Lipinski definition) is 1. The highest BCUT2D eigenvalue weighted by Crippen LogP contribution is 2.18. The minimum Gasteiger partial charge on any atom is -0.497 e. The average Bonchev–Trinajstić information content (AvgIpc) is 2.42. The fraction of sp³-hybridized carbons (Fsp3) is 0.571. The predicted molar refractivity (Wildman–Crippen MR) is 71.8 cm³/mol. The summed E-state index contributed by atoms with van der Waals surface area (Å²) in [5.74, 6) is 0.810. The first-order valence-corrected chi connectivity index (χ1v) is 6.26. The van der Waals surface area contributed by atoms with Gasteiger partial charge in [0.15, 0.2) is 0 Å². The maximum Gasteiger partial charge on any atom is 0.119 e. The van der Waals surface area contributed by atoms with E-state index < -0.39 is 0 Å². The van der Waals surface area contributed by atoms with Crippen LogP contribution in [0.4, 0.5) is 0 Å². The van der Waals surface area contributed by atoms with Gasteiger partial charge in [0.05, 0.1) is 32.5 Å². The first-order chi connectivity index (χ1) is 8.67. The van der Waals surface area contributed by atoms with Crippen LogP contribution >= 0.6 is 0 Å². The second kappa shape index (κ2) is 8.08. The molecule has 0 amide bonds. The summed E-state index contributed by atoms with van der Waals surface area (Å²) < 4.78 is 16.1. The highest BCUT2D eigenvalue weighted by atomic mass is 16.5. The van der Waals surface area contributed by atoms with E-state index in [0.29, 0.717) is 19.8 Å². The Morgan fingerprint density at radius 1 is 1.28 bits per heavy atom. The molecule has 102 valence electrons. The largest absolute Gasteiger partial charge is 0.497 e. The molecule has 0 aliphatic carbocycles. The molecule has 2 atom stereocenters. The van der Waals surface area contributed by atoms with Gasteiger partial charge in [-0.3, -0.25) is 0 Å². The number of ether oxygens (including phenoxy) is 3. The van der Waals surface area contributed by atoms with Gasteiger partial charge in [0.1, 0.15) is 5.75 Å². The van der Waals surface area contributed by atoms with Gasteiger partial charge in [-0.2, -0.15) is 0 Å². The first-order valence-electron chi connectivity index (χ1n) is 6.26. The van der Waals surface area contributed by atoms with Gasteiger partial charge in [-0.1, -0.05) is 12.1 Å². The smallest absolute Gasteiger partial charge is 0.119 e. The van der Waals surface area contributed by atoms with E-state index >= 15 is 0 Å². The van der Waals surface area contributed by atoms with Gasteiger partial charge in [-0.25, -0.2) is 0 Å². The number of methoxy groups -OCH3 is 1. The summed E-state index contributed by atoms with van der Waals surface area (Å²) >= 11 is 0. The maximum absolute atomic E-state index is 6.07. The second-order valence-electron chi connectivity index (χ2n) is 4.19. The molecule has 0 aliphatic heterocycles. The van der Waals surface area contributed by atoms with E-state index in [9.17, 15) is 0 Å². The van der Waals surface area contributed by atoms with Crippen LogP contribution in [0, 0.1) is 0 Å². The number of rotatable bonds is 8. The Morgan fingerprint density at radius 2 is 2.06 bits per heavy atom. The Balaban J connectivity index is 2.41. The van der Waals surface area contributed by atoms with Gasteiger partial charge in [-0.05, 0) is 31.5 Å².